The highest BCUT2D eigenvalue weighted by molar-refractivity contribution is 7.21. The van der Waals surface area contributed by atoms with Crippen LogP contribution in [0.3, 0.4) is 0 Å². The van der Waals surface area contributed by atoms with Gasteiger partial charge in [0.15, 0.2) is 0 Å². The van der Waals surface area contributed by atoms with E-state index in [1.165, 1.54) is 19.3 Å². The van der Waals surface area contributed by atoms with Gasteiger partial charge in [-0.25, -0.2) is 4.98 Å². The molecule has 0 aliphatic rings. The Labute approximate surface area is 140 Å². The first-order chi connectivity index (χ1) is 11.3. The van der Waals surface area contributed by atoms with Gasteiger partial charge in [-0.1, -0.05) is 38.3 Å². The Morgan fingerprint density at radius 1 is 1.09 bits per heavy atom. The Morgan fingerprint density at radius 3 is 2.74 bits per heavy atom. The lowest BCUT2D eigenvalue weighted by molar-refractivity contribution is 0.303. The van der Waals surface area contributed by atoms with Gasteiger partial charge < -0.3 is 9.84 Å². The largest absolute Gasteiger partial charge is 0.507 e. The summed E-state index contributed by atoms with van der Waals surface area (Å²) in [4.78, 5) is 4.59. The summed E-state index contributed by atoms with van der Waals surface area (Å²) in [7, 11) is 0. The van der Waals surface area contributed by atoms with E-state index in [9.17, 15) is 5.11 Å². The van der Waals surface area contributed by atoms with Gasteiger partial charge in [-0.2, -0.15) is 0 Å². The fourth-order valence-corrected chi connectivity index (χ4v) is 3.49. The number of unbranched alkanes of at least 4 members (excludes halogenated alkanes) is 3. The average Bonchev–Trinajstić information content (AvgIpc) is 2.98. The minimum absolute atomic E-state index is 0.218. The van der Waals surface area contributed by atoms with Gasteiger partial charge in [-0.05, 0) is 30.7 Å². The fourth-order valence-electron chi connectivity index (χ4n) is 2.49. The molecule has 0 saturated carbocycles. The molecule has 23 heavy (non-hydrogen) atoms. The van der Waals surface area contributed by atoms with Crippen molar-refractivity contribution in [3.63, 3.8) is 0 Å². The molecule has 0 fully saturated rings. The van der Waals surface area contributed by atoms with Gasteiger partial charge in [-0.15, -0.1) is 11.3 Å². The minimum atomic E-state index is 0.218. The quantitative estimate of drug-likeness (QED) is 0.572. The van der Waals surface area contributed by atoms with Crippen LogP contribution in [0.1, 0.15) is 32.6 Å². The van der Waals surface area contributed by atoms with Gasteiger partial charge in [0.1, 0.15) is 16.5 Å². The lowest BCUT2D eigenvalue weighted by atomic mass is 10.2. The van der Waals surface area contributed by atoms with E-state index in [1.807, 2.05) is 36.4 Å². The Hall–Kier alpha value is -2.07. The molecule has 3 nitrogen and oxygen atoms in total. The summed E-state index contributed by atoms with van der Waals surface area (Å²) in [5, 5.41) is 11.1. The third-order valence-corrected chi connectivity index (χ3v) is 4.83. The normalized spacial score (nSPS) is 11.0. The van der Waals surface area contributed by atoms with E-state index in [1.54, 1.807) is 17.4 Å². The number of ether oxygens (including phenoxy) is 1. The van der Waals surface area contributed by atoms with Crippen molar-refractivity contribution in [2.75, 3.05) is 6.61 Å². The van der Waals surface area contributed by atoms with Gasteiger partial charge in [-0.3, -0.25) is 0 Å². The van der Waals surface area contributed by atoms with Crippen molar-refractivity contribution in [2.45, 2.75) is 32.6 Å². The van der Waals surface area contributed by atoms with Gasteiger partial charge in [0.2, 0.25) is 0 Å². The highest BCUT2D eigenvalue weighted by atomic mass is 32.1. The number of thiazole rings is 1. The van der Waals surface area contributed by atoms with Crippen LogP contribution in [-0.4, -0.2) is 16.7 Å². The topological polar surface area (TPSA) is 42.4 Å². The SMILES string of the molecule is CCCCCCOc1ccc(-c2nc3ccccc3s2)c(O)c1. The lowest BCUT2D eigenvalue weighted by Gasteiger charge is -2.08. The molecule has 0 saturated heterocycles. The maximum absolute atomic E-state index is 10.3. The summed E-state index contributed by atoms with van der Waals surface area (Å²) >= 11 is 1.59. The molecule has 0 unspecified atom stereocenters. The van der Waals surface area contributed by atoms with E-state index in [2.05, 4.69) is 11.9 Å². The van der Waals surface area contributed by atoms with Crippen LogP contribution in [0.2, 0.25) is 0 Å². The molecule has 3 aromatic rings. The molecular formula is C19H21NO2S. The smallest absolute Gasteiger partial charge is 0.129 e. The van der Waals surface area contributed by atoms with Gasteiger partial charge in [0, 0.05) is 6.07 Å². The van der Waals surface area contributed by atoms with Crippen LogP contribution in [0.4, 0.5) is 0 Å². The van der Waals surface area contributed by atoms with E-state index in [-0.39, 0.29) is 5.75 Å². The molecule has 0 bridgehead atoms. The second-order valence-electron chi connectivity index (χ2n) is 5.57. The van der Waals surface area contributed by atoms with Gasteiger partial charge in [0.25, 0.3) is 0 Å². The predicted octanol–water partition coefficient (Wildman–Crippen LogP) is 5.63. The van der Waals surface area contributed by atoms with Crippen molar-refractivity contribution in [3.8, 4) is 22.1 Å². The van der Waals surface area contributed by atoms with Crippen LogP contribution < -0.4 is 4.74 Å². The second-order valence-corrected chi connectivity index (χ2v) is 6.61. The second kappa shape index (κ2) is 7.47. The van der Waals surface area contributed by atoms with E-state index in [4.69, 9.17) is 4.74 Å². The van der Waals surface area contributed by atoms with Crippen molar-refractivity contribution in [3.05, 3.63) is 42.5 Å². The van der Waals surface area contributed by atoms with Crippen LogP contribution in [0, 0.1) is 0 Å². The third-order valence-electron chi connectivity index (χ3n) is 3.76. The summed E-state index contributed by atoms with van der Waals surface area (Å²) in [5.74, 6) is 0.930. The Balaban J connectivity index is 1.71. The number of phenols is 1. The lowest BCUT2D eigenvalue weighted by Crippen LogP contribution is -1.97. The number of aromatic nitrogens is 1. The number of rotatable bonds is 7. The van der Waals surface area contributed by atoms with Crippen molar-refractivity contribution in [1.29, 1.82) is 0 Å². The summed E-state index contributed by atoms with van der Waals surface area (Å²) in [6, 6.07) is 13.5. The Bertz CT molecular complexity index is 749. The van der Waals surface area contributed by atoms with Crippen LogP contribution in [-0.2, 0) is 0 Å². The molecule has 3 rings (SSSR count). The minimum Gasteiger partial charge on any atom is -0.507 e. The van der Waals surface area contributed by atoms with E-state index < -0.39 is 0 Å². The van der Waals surface area contributed by atoms with Gasteiger partial charge >= 0.3 is 0 Å². The molecule has 1 heterocycles. The van der Waals surface area contributed by atoms with Crippen molar-refractivity contribution in [2.24, 2.45) is 0 Å². The van der Waals surface area contributed by atoms with Crippen LogP contribution in [0.25, 0.3) is 20.8 Å². The molecule has 0 spiro atoms. The van der Waals surface area contributed by atoms with E-state index in [0.29, 0.717) is 12.4 Å². The zero-order valence-corrected chi connectivity index (χ0v) is 14.1. The molecule has 1 N–H and O–H groups in total. The number of aromatic hydroxyl groups is 1. The molecule has 0 amide bonds. The summed E-state index contributed by atoms with van der Waals surface area (Å²) < 4.78 is 6.83. The highest BCUT2D eigenvalue weighted by Gasteiger charge is 2.11. The molecule has 2 aromatic carbocycles. The first-order valence-corrected chi connectivity index (χ1v) is 8.91. The third kappa shape index (κ3) is 3.82. The maximum atomic E-state index is 10.3. The zero-order valence-electron chi connectivity index (χ0n) is 13.3. The predicted molar refractivity (Wildman–Crippen MR) is 96.4 cm³/mol. The number of para-hydroxylation sites is 1. The molecule has 4 heteroatoms. The Morgan fingerprint density at radius 2 is 1.96 bits per heavy atom. The average molecular weight is 327 g/mol. The number of benzene rings is 2. The van der Waals surface area contributed by atoms with Crippen molar-refractivity contribution in [1.82, 2.24) is 4.98 Å². The summed E-state index contributed by atoms with van der Waals surface area (Å²) in [6.45, 7) is 2.89. The molecule has 120 valence electrons. The van der Waals surface area contributed by atoms with Crippen LogP contribution in [0.15, 0.2) is 42.5 Å². The standard InChI is InChI=1S/C19H21NO2S/c1-2-3-4-7-12-22-14-10-11-15(17(21)13-14)19-20-16-8-5-6-9-18(16)23-19/h5-6,8-11,13,21H,2-4,7,12H2,1H3. The molecule has 0 aliphatic carbocycles. The molecule has 0 atom stereocenters. The van der Waals surface area contributed by atoms with Crippen LogP contribution in [0.5, 0.6) is 11.5 Å². The Kier molecular flexibility index (Phi) is 5.13. The number of phenolic OH excluding ortho intramolecular Hbond substituents is 1. The molecule has 0 aliphatic heterocycles. The summed E-state index contributed by atoms with van der Waals surface area (Å²) in [5.41, 5.74) is 1.72. The number of hydrogen-bond acceptors (Lipinski definition) is 4. The van der Waals surface area contributed by atoms with Gasteiger partial charge in [0.05, 0.1) is 22.4 Å². The molecular weight excluding hydrogens is 306 g/mol. The number of fused-ring (bicyclic) bond motifs is 1. The van der Waals surface area contributed by atoms with Crippen LogP contribution >= 0.6 is 11.3 Å². The monoisotopic (exact) mass is 327 g/mol. The van der Waals surface area contributed by atoms with Crippen molar-refractivity contribution >= 4 is 21.6 Å². The highest BCUT2D eigenvalue weighted by Crippen LogP contribution is 2.36. The van der Waals surface area contributed by atoms with E-state index >= 15 is 0 Å². The number of nitrogens with zero attached hydrogens (tertiary/aromatic N) is 1. The fraction of sp³-hybridized carbons (Fsp3) is 0.316. The first-order valence-electron chi connectivity index (χ1n) is 8.09. The molecule has 0 radical (unpaired) electrons. The van der Waals surface area contributed by atoms with Crippen molar-refractivity contribution < 1.29 is 9.84 Å². The maximum Gasteiger partial charge on any atom is 0.129 e. The molecule has 1 aromatic heterocycles. The van der Waals surface area contributed by atoms with E-state index in [0.717, 1.165) is 27.2 Å². The zero-order chi connectivity index (χ0) is 16.1. The first kappa shape index (κ1) is 15.8. The summed E-state index contributed by atoms with van der Waals surface area (Å²) in [6.07, 6.45) is 4.70. The number of hydrogen-bond donors (Lipinski definition) is 1.